The van der Waals surface area contributed by atoms with Crippen LogP contribution >= 0.6 is 0 Å². The molecule has 1 aliphatic heterocycles. The largest absolute Gasteiger partial charge is 0.384 e. The van der Waals surface area contributed by atoms with Gasteiger partial charge in [0.15, 0.2) is 16.7 Å². The molecule has 3 heterocycles. The molecule has 0 bridgehead atoms. The van der Waals surface area contributed by atoms with E-state index < -0.39 is 32.6 Å². The van der Waals surface area contributed by atoms with E-state index in [-0.39, 0.29) is 28.7 Å². The summed E-state index contributed by atoms with van der Waals surface area (Å²) in [7, 11) is -4.31. The van der Waals surface area contributed by atoms with Crippen LogP contribution in [0.1, 0.15) is 37.6 Å². The van der Waals surface area contributed by atoms with Crippen LogP contribution in [0.5, 0.6) is 0 Å². The molecule has 35 heavy (non-hydrogen) atoms. The van der Waals surface area contributed by atoms with Gasteiger partial charge in [-0.15, -0.1) is 0 Å². The number of aromatic nitrogens is 2. The third-order valence-corrected chi connectivity index (χ3v) is 7.14. The Bertz CT molecular complexity index is 1410. The van der Waals surface area contributed by atoms with Crippen LogP contribution in [0.15, 0.2) is 53.6 Å². The maximum Gasteiger partial charge on any atom is 0.281 e. The number of pyridine rings is 2. The summed E-state index contributed by atoms with van der Waals surface area (Å²) in [5.74, 6) is -2.39. The zero-order chi connectivity index (χ0) is 25.5. The third kappa shape index (κ3) is 4.95. The molecule has 3 N–H and O–H groups in total. The number of anilines is 2. The van der Waals surface area contributed by atoms with E-state index in [0.717, 1.165) is 18.6 Å². The van der Waals surface area contributed by atoms with E-state index in [0.29, 0.717) is 17.8 Å². The molecule has 1 aliphatic rings. The number of rotatable bonds is 5. The van der Waals surface area contributed by atoms with E-state index in [9.17, 15) is 22.0 Å². The number of sulfonamides is 1. The van der Waals surface area contributed by atoms with Gasteiger partial charge in [0.25, 0.3) is 15.9 Å². The van der Waals surface area contributed by atoms with E-state index >= 15 is 0 Å². The fourth-order valence-electron chi connectivity index (χ4n) is 4.42. The number of halogens is 2. The molecule has 1 atom stereocenters. The molecule has 1 fully saturated rings. The minimum absolute atomic E-state index is 0.00799. The highest BCUT2D eigenvalue weighted by Gasteiger charge is 2.39. The van der Waals surface area contributed by atoms with E-state index in [1.54, 1.807) is 0 Å². The number of amides is 1. The average molecular weight is 502 g/mol. The highest BCUT2D eigenvalue weighted by molar-refractivity contribution is 7.90. The van der Waals surface area contributed by atoms with Gasteiger partial charge in [0.1, 0.15) is 11.6 Å². The van der Waals surface area contributed by atoms with Crippen LogP contribution in [0.2, 0.25) is 0 Å². The lowest BCUT2D eigenvalue weighted by atomic mass is 9.97. The predicted molar refractivity (Wildman–Crippen MR) is 128 cm³/mol. The van der Waals surface area contributed by atoms with Crippen LogP contribution in [0, 0.1) is 17.6 Å². The Labute approximate surface area is 202 Å². The number of hydrogen-bond acceptors (Lipinski definition) is 7. The molecule has 0 aliphatic carbocycles. The van der Waals surface area contributed by atoms with Crippen molar-refractivity contribution < 1.29 is 22.0 Å². The Balaban J connectivity index is 1.78. The summed E-state index contributed by atoms with van der Waals surface area (Å²) in [6, 6.07) is 10.4. The second-order valence-electron chi connectivity index (χ2n) is 9.26. The van der Waals surface area contributed by atoms with Crippen molar-refractivity contribution >= 4 is 27.6 Å². The molecule has 3 aromatic rings. The first-order chi connectivity index (χ1) is 16.4. The number of hydrogen-bond donors (Lipinski definition) is 2. The number of benzene rings is 1. The maximum absolute atomic E-state index is 13.9. The molecule has 0 saturated carbocycles. The molecular formula is C24H25F2N5O3S. The van der Waals surface area contributed by atoms with Crippen molar-refractivity contribution in [3.05, 3.63) is 65.7 Å². The fraction of sp³-hybridized carbons (Fsp3) is 0.292. The van der Waals surface area contributed by atoms with Gasteiger partial charge in [-0.05, 0) is 68.7 Å². The van der Waals surface area contributed by atoms with Crippen LogP contribution < -0.4 is 15.4 Å². The molecule has 0 spiro atoms. The van der Waals surface area contributed by atoms with Crippen molar-refractivity contribution in [2.75, 3.05) is 17.2 Å². The molecule has 4 rings (SSSR count). The Morgan fingerprint density at radius 1 is 1.11 bits per heavy atom. The minimum atomic E-state index is -4.31. The molecule has 0 unspecified atom stereocenters. The summed E-state index contributed by atoms with van der Waals surface area (Å²) in [5.41, 5.74) is 5.85. The van der Waals surface area contributed by atoms with Crippen molar-refractivity contribution in [1.82, 2.24) is 14.7 Å². The Morgan fingerprint density at radius 2 is 1.86 bits per heavy atom. The highest BCUT2D eigenvalue weighted by Crippen LogP contribution is 2.38. The van der Waals surface area contributed by atoms with Crippen LogP contribution in [0.25, 0.3) is 11.3 Å². The molecule has 8 nitrogen and oxygen atoms in total. The van der Waals surface area contributed by atoms with Gasteiger partial charge in [0, 0.05) is 17.6 Å². The summed E-state index contributed by atoms with van der Waals surface area (Å²) in [5, 5.41) is -0.395. The van der Waals surface area contributed by atoms with Gasteiger partial charge >= 0.3 is 0 Å². The van der Waals surface area contributed by atoms with Crippen LogP contribution in [-0.4, -0.2) is 36.4 Å². The predicted octanol–water partition coefficient (Wildman–Crippen LogP) is 3.75. The summed E-state index contributed by atoms with van der Waals surface area (Å²) >= 11 is 0. The zero-order valence-corrected chi connectivity index (χ0v) is 20.2. The van der Waals surface area contributed by atoms with Gasteiger partial charge in [-0.1, -0.05) is 13.0 Å². The third-order valence-electron chi connectivity index (χ3n) is 5.91. The van der Waals surface area contributed by atoms with Gasteiger partial charge in [0.2, 0.25) is 0 Å². The van der Waals surface area contributed by atoms with Gasteiger partial charge < -0.3 is 10.6 Å². The Hall–Kier alpha value is -3.60. The van der Waals surface area contributed by atoms with E-state index in [1.807, 2.05) is 23.5 Å². The number of carbonyl (C=O) groups is 1. The molecule has 11 heteroatoms. The summed E-state index contributed by atoms with van der Waals surface area (Å²) < 4.78 is 54.9. The maximum atomic E-state index is 13.9. The smallest absolute Gasteiger partial charge is 0.281 e. The van der Waals surface area contributed by atoms with Gasteiger partial charge in [-0.25, -0.2) is 23.5 Å². The molecule has 1 aromatic carbocycles. The molecule has 184 valence electrons. The number of nitrogens with two attached hydrogens (primary N) is 1. The average Bonchev–Trinajstić information content (AvgIpc) is 3.06. The SMILES string of the molecule is C[C@@H]1CN(c2nc(-c3ccc(F)c(F)c3)ccc2C(=O)NS(=O)(=O)c2cccc(N)n2)C(C)(C)C1. The van der Waals surface area contributed by atoms with E-state index in [2.05, 4.69) is 16.9 Å². The van der Waals surface area contributed by atoms with Crippen molar-refractivity contribution in [2.24, 2.45) is 5.92 Å². The lowest BCUT2D eigenvalue weighted by Crippen LogP contribution is -2.41. The second kappa shape index (κ2) is 8.88. The van der Waals surface area contributed by atoms with E-state index in [1.165, 1.54) is 36.4 Å². The van der Waals surface area contributed by atoms with Gasteiger partial charge in [-0.3, -0.25) is 4.79 Å². The lowest BCUT2D eigenvalue weighted by molar-refractivity contribution is 0.0981. The fourth-order valence-corrected chi connectivity index (χ4v) is 5.36. The topological polar surface area (TPSA) is 118 Å². The van der Waals surface area contributed by atoms with Crippen LogP contribution in [-0.2, 0) is 10.0 Å². The first-order valence-corrected chi connectivity index (χ1v) is 12.4. The quantitative estimate of drug-likeness (QED) is 0.547. The number of carbonyl (C=O) groups excluding carboxylic acids is 1. The number of nitrogen functional groups attached to an aromatic ring is 1. The Kier molecular flexibility index (Phi) is 6.22. The molecule has 1 saturated heterocycles. The van der Waals surface area contributed by atoms with Gasteiger partial charge in [-0.2, -0.15) is 8.42 Å². The summed E-state index contributed by atoms with van der Waals surface area (Å²) in [6.07, 6.45) is 0.816. The molecular weight excluding hydrogens is 476 g/mol. The number of nitrogens with zero attached hydrogens (tertiary/aromatic N) is 3. The highest BCUT2D eigenvalue weighted by atomic mass is 32.2. The standard InChI is InChI=1S/C24H25F2N5O3S/c1-14-12-24(2,3)31(13-14)22-16(8-10-19(28-22)15-7-9-17(25)18(26)11-15)23(32)30-35(33,34)21-6-4-5-20(27)29-21/h4-11,14H,12-13H2,1-3H3,(H2,27,29)(H,30,32)/t14-/m0/s1. The van der Waals surface area contributed by atoms with Crippen molar-refractivity contribution in [3.8, 4) is 11.3 Å². The van der Waals surface area contributed by atoms with Crippen LogP contribution in [0.4, 0.5) is 20.4 Å². The van der Waals surface area contributed by atoms with Gasteiger partial charge in [0.05, 0.1) is 11.3 Å². The first kappa shape index (κ1) is 24.5. The first-order valence-electron chi connectivity index (χ1n) is 10.9. The molecule has 1 amide bonds. The molecule has 2 aromatic heterocycles. The normalized spacial score (nSPS) is 17.4. The monoisotopic (exact) mass is 501 g/mol. The van der Waals surface area contributed by atoms with Crippen molar-refractivity contribution in [1.29, 1.82) is 0 Å². The molecule has 0 radical (unpaired) electrons. The lowest BCUT2D eigenvalue weighted by Gasteiger charge is -2.34. The van der Waals surface area contributed by atoms with Crippen molar-refractivity contribution in [2.45, 2.75) is 37.8 Å². The van der Waals surface area contributed by atoms with Crippen LogP contribution in [0.3, 0.4) is 0 Å². The zero-order valence-electron chi connectivity index (χ0n) is 19.4. The Morgan fingerprint density at radius 3 is 2.49 bits per heavy atom. The second-order valence-corrected chi connectivity index (χ2v) is 10.9. The summed E-state index contributed by atoms with van der Waals surface area (Å²) in [4.78, 5) is 23.5. The van der Waals surface area contributed by atoms with Crippen molar-refractivity contribution in [3.63, 3.8) is 0 Å². The summed E-state index contributed by atoms with van der Waals surface area (Å²) in [6.45, 7) is 6.64. The van der Waals surface area contributed by atoms with E-state index in [4.69, 9.17) is 5.73 Å². The number of nitrogens with one attached hydrogen (secondary N) is 1. The minimum Gasteiger partial charge on any atom is -0.384 e.